The third-order valence-electron chi connectivity index (χ3n) is 2.22. The van der Waals surface area contributed by atoms with Gasteiger partial charge in [0.05, 0.1) is 4.92 Å². The highest BCUT2D eigenvalue weighted by molar-refractivity contribution is 5.55. The van der Waals surface area contributed by atoms with Crippen LogP contribution in [0.3, 0.4) is 0 Å². The van der Waals surface area contributed by atoms with Gasteiger partial charge >= 0.3 is 0 Å². The molecule has 80 valence electrons. The van der Waals surface area contributed by atoms with Crippen LogP contribution in [0.15, 0.2) is 29.8 Å². The van der Waals surface area contributed by atoms with E-state index >= 15 is 0 Å². The molecule has 0 aliphatic rings. The summed E-state index contributed by atoms with van der Waals surface area (Å²) in [6.07, 6.45) is 1.92. The van der Waals surface area contributed by atoms with E-state index in [0.717, 1.165) is 11.1 Å². The molecule has 0 amide bonds. The SMILES string of the molecule is C/C(=C\c1ccc([N+](=O)[O-])cc1)C(C)N. The Balaban J connectivity index is 2.90. The first-order valence-corrected chi connectivity index (χ1v) is 4.69. The minimum atomic E-state index is -0.411. The van der Waals surface area contributed by atoms with Crippen molar-refractivity contribution < 1.29 is 4.92 Å². The Bertz CT molecular complexity index is 380. The van der Waals surface area contributed by atoms with Crippen LogP contribution in [0.4, 0.5) is 5.69 Å². The largest absolute Gasteiger partial charge is 0.324 e. The van der Waals surface area contributed by atoms with E-state index in [1.54, 1.807) is 12.1 Å². The van der Waals surface area contributed by atoms with Crippen LogP contribution in [-0.4, -0.2) is 11.0 Å². The van der Waals surface area contributed by atoms with Crippen molar-refractivity contribution in [2.45, 2.75) is 19.9 Å². The number of rotatable bonds is 3. The predicted octanol–water partition coefficient (Wildman–Crippen LogP) is 2.35. The monoisotopic (exact) mass is 206 g/mol. The number of hydrogen-bond donors (Lipinski definition) is 1. The Morgan fingerprint density at radius 2 is 2.00 bits per heavy atom. The molecule has 0 saturated heterocycles. The van der Waals surface area contributed by atoms with Crippen LogP contribution in [0.2, 0.25) is 0 Å². The van der Waals surface area contributed by atoms with Crippen LogP contribution in [0.25, 0.3) is 6.08 Å². The Hall–Kier alpha value is -1.68. The summed E-state index contributed by atoms with van der Waals surface area (Å²) in [7, 11) is 0. The zero-order chi connectivity index (χ0) is 11.4. The van der Waals surface area contributed by atoms with E-state index in [0.29, 0.717) is 0 Å². The topological polar surface area (TPSA) is 69.2 Å². The average molecular weight is 206 g/mol. The summed E-state index contributed by atoms with van der Waals surface area (Å²) in [4.78, 5) is 10.0. The van der Waals surface area contributed by atoms with Gasteiger partial charge in [-0.2, -0.15) is 0 Å². The van der Waals surface area contributed by atoms with Gasteiger partial charge in [-0.15, -0.1) is 0 Å². The molecule has 0 aromatic heterocycles. The lowest BCUT2D eigenvalue weighted by Crippen LogP contribution is -2.15. The Morgan fingerprint density at radius 1 is 1.47 bits per heavy atom. The number of nitrogens with zero attached hydrogens (tertiary/aromatic N) is 1. The second-order valence-corrected chi connectivity index (χ2v) is 3.53. The summed E-state index contributed by atoms with van der Waals surface area (Å²) in [5.41, 5.74) is 7.76. The highest BCUT2D eigenvalue weighted by atomic mass is 16.6. The molecule has 0 saturated carbocycles. The van der Waals surface area contributed by atoms with Crippen LogP contribution in [0.1, 0.15) is 19.4 Å². The number of nitro benzene ring substituents is 1. The van der Waals surface area contributed by atoms with Gasteiger partial charge in [0.15, 0.2) is 0 Å². The van der Waals surface area contributed by atoms with Gasteiger partial charge < -0.3 is 5.73 Å². The Kier molecular flexibility index (Phi) is 3.57. The van der Waals surface area contributed by atoms with Gasteiger partial charge in [0.25, 0.3) is 5.69 Å². The summed E-state index contributed by atoms with van der Waals surface area (Å²) in [5, 5.41) is 10.4. The molecule has 1 aromatic rings. The molecule has 0 bridgehead atoms. The molecule has 15 heavy (non-hydrogen) atoms. The van der Waals surface area contributed by atoms with Crippen molar-refractivity contribution in [2.24, 2.45) is 5.73 Å². The summed E-state index contributed by atoms with van der Waals surface area (Å²) < 4.78 is 0. The molecule has 0 heterocycles. The molecule has 1 aromatic carbocycles. The van der Waals surface area contributed by atoms with Crippen molar-refractivity contribution in [3.05, 3.63) is 45.5 Å². The second kappa shape index (κ2) is 4.70. The standard InChI is InChI=1S/C11H14N2O2/c1-8(9(2)12)7-10-3-5-11(6-4-10)13(14)15/h3-7,9H,12H2,1-2H3/b8-7+. The third-order valence-corrected chi connectivity index (χ3v) is 2.22. The highest BCUT2D eigenvalue weighted by Crippen LogP contribution is 2.14. The summed E-state index contributed by atoms with van der Waals surface area (Å²) in [6, 6.07) is 6.40. The molecule has 0 spiro atoms. The number of non-ortho nitro benzene ring substituents is 1. The Morgan fingerprint density at radius 3 is 2.40 bits per heavy atom. The number of benzene rings is 1. The van der Waals surface area contributed by atoms with Crippen LogP contribution in [-0.2, 0) is 0 Å². The lowest BCUT2D eigenvalue weighted by molar-refractivity contribution is -0.384. The van der Waals surface area contributed by atoms with Gasteiger partial charge in [-0.3, -0.25) is 10.1 Å². The first-order valence-electron chi connectivity index (χ1n) is 4.69. The van der Waals surface area contributed by atoms with Crippen molar-refractivity contribution in [1.82, 2.24) is 0 Å². The van der Waals surface area contributed by atoms with Gasteiger partial charge in [0.2, 0.25) is 0 Å². The molecule has 1 rings (SSSR count). The fourth-order valence-corrected chi connectivity index (χ4v) is 1.09. The van der Waals surface area contributed by atoms with Crippen molar-refractivity contribution in [3.8, 4) is 0 Å². The van der Waals surface area contributed by atoms with Gasteiger partial charge in [-0.25, -0.2) is 0 Å². The van der Waals surface area contributed by atoms with E-state index in [4.69, 9.17) is 5.73 Å². The maximum absolute atomic E-state index is 10.4. The van der Waals surface area contributed by atoms with E-state index < -0.39 is 4.92 Å². The zero-order valence-electron chi connectivity index (χ0n) is 8.81. The number of nitrogens with two attached hydrogens (primary N) is 1. The minimum absolute atomic E-state index is 0.000178. The molecular formula is C11H14N2O2. The molecule has 2 N–H and O–H groups in total. The van der Waals surface area contributed by atoms with Crippen LogP contribution in [0, 0.1) is 10.1 Å². The van der Waals surface area contributed by atoms with E-state index in [9.17, 15) is 10.1 Å². The van der Waals surface area contributed by atoms with Crippen LogP contribution >= 0.6 is 0 Å². The lowest BCUT2D eigenvalue weighted by atomic mass is 10.1. The second-order valence-electron chi connectivity index (χ2n) is 3.53. The quantitative estimate of drug-likeness (QED) is 0.609. The maximum Gasteiger partial charge on any atom is 0.269 e. The Labute approximate surface area is 88.6 Å². The molecule has 0 radical (unpaired) electrons. The van der Waals surface area contributed by atoms with Gasteiger partial charge in [0, 0.05) is 18.2 Å². The smallest absolute Gasteiger partial charge is 0.269 e. The predicted molar refractivity (Wildman–Crippen MR) is 60.4 cm³/mol. The maximum atomic E-state index is 10.4. The van der Waals surface area contributed by atoms with E-state index in [-0.39, 0.29) is 11.7 Å². The van der Waals surface area contributed by atoms with E-state index in [2.05, 4.69) is 0 Å². The summed E-state index contributed by atoms with van der Waals surface area (Å²) in [6.45, 7) is 3.84. The third kappa shape index (κ3) is 3.18. The lowest BCUT2D eigenvalue weighted by Gasteiger charge is -2.04. The first kappa shape index (κ1) is 11.4. The van der Waals surface area contributed by atoms with Gasteiger partial charge in [-0.05, 0) is 31.5 Å². The summed E-state index contributed by atoms with van der Waals surface area (Å²) >= 11 is 0. The molecular weight excluding hydrogens is 192 g/mol. The number of nitro groups is 1. The number of hydrogen-bond acceptors (Lipinski definition) is 3. The highest BCUT2D eigenvalue weighted by Gasteiger charge is 2.03. The molecule has 4 heteroatoms. The average Bonchev–Trinajstić information content (AvgIpc) is 2.18. The summed E-state index contributed by atoms with van der Waals surface area (Å²) in [5.74, 6) is 0. The molecule has 0 aliphatic carbocycles. The molecule has 4 nitrogen and oxygen atoms in total. The van der Waals surface area contributed by atoms with Crippen LogP contribution < -0.4 is 5.73 Å². The van der Waals surface area contributed by atoms with E-state index in [1.165, 1.54) is 12.1 Å². The van der Waals surface area contributed by atoms with Crippen molar-refractivity contribution in [1.29, 1.82) is 0 Å². The molecule has 1 atom stereocenters. The fourth-order valence-electron chi connectivity index (χ4n) is 1.09. The van der Waals surface area contributed by atoms with Crippen LogP contribution in [0.5, 0.6) is 0 Å². The van der Waals surface area contributed by atoms with Gasteiger partial charge in [-0.1, -0.05) is 11.6 Å². The van der Waals surface area contributed by atoms with Crippen molar-refractivity contribution in [3.63, 3.8) is 0 Å². The fraction of sp³-hybridized carbons (Fsp3) is 0.273. The molecule has 0 aliphatic heterocycles. The van der Waals surface area contributed by atoms with E-state index in [1.807, 2.05) is 19.9 Å². The van der Waals surface area contributed by atoms with Gasteiger partial charge in [0.1, 0.15) is 0 Å². The zero-order valence-corrected chi connectivity index (χ0v) is 8.81. The molecule has 1 unspecified atom stereocenters. The minimum Gasteiger partial charge on any atom is -0.324 e. The normalized spacial score (nSPS) is 13.7. The molecule has 0 fully saturated rings. The van der Waals surface area contributed by atoms with Crippen molar-refractivity contribution >= 4 is 11.8 Å². The van der Waals surface area contributed by atoms with Crippen molar-refractivity contribution in [2.75, 3.05) is 0 Å². The first-order chi connectivity index (χ1) is 7.00.